The fourth-order valence-electron chi connectivity index (χ4n) is 2.00. The number of aryl methyl sites for hydroxylation is 1. The minimum Gasteiger partial charge on any atom is -0.349 e. The molecule has 6 heteroatoms. The molecule has 0 aliphatic rings. The molecule has 0 saturated carbocycles. The van der Waals surface area contributed by atoms with E-state index < -0.39 is 23.1 Å². The first-order chi connectivity index (χ1) is 9.86. The number of rotatable bonds is 4. The van der Waals surface area contributed by atoms with Crippen LogP contribution in [-0.2, 0) is 6.42 Å². The van der Waals surface area contributed by atoms with Crippen LogP contribution >= 0.6 is 27.3 Å². The molecule has 0 spiro atoms. The van der Waals surface area contributed by atoms with Crippen LogP contribution in [0.1, 0.15) is 27.0 Å². The second-order valence-corrected chi connectivity index (χ2v) is 7.12. The first kappa shape index (κ1) is 16.1. The van der Waals surface area contributed by atoms with Gasteiger partial charge in [0, 0.05) is 26.7 Å². The lowest BCUT2D eigenvalue weighted by atomic mass is 10.1. The molecule has 0 saturated heterocycles. The van der Waals surface area contributed by atoms with E-state index in [4.69, 9.17) is 0 Å². The van der Waals surface area contributed by atoms with Crippen LogP contribution in [0.15, 0.2) is 28.7 Å². The van der Waals surface area contributed by atoms with Crippen molar-refractivity contribution in [1.29, 1.82) is 0 Å². The number of hydrogen-bond acceptors (Lipinski definition) is 2. The van der Waals surface area contributed by atoms with Crippen LogP contribution in [0.3, 0.4) is 0 Å². The highest BCUT2D eigenvalue weighted by Gasteiger charge is 2.20. The zero-order valence-electron chi connectivity index (χ0n) is 11.5. The molecule has 0 aliphatic carbocycles. The van der Waals surface area contributed by atoms with Gasteiger partial charge in [-0.15, -0.1) is 11.3 Å². The van der Waals surface area contributed by atoms with Gasteiger partial charge in [-0.05, 0) is 38.1 Å². The van der Waals surface area contributed by atoms with Crippen molar-refractivity contribution < 1.29 is 13.6 Å². The Labute approximate surface area is 134 Å². The minimum absolute atomic E-state index is 0.210. The van der Waals surface area contributed by atoms with E-state index in [2.05, 4.69) is 21.2 Å². The Balaban J connectivity index is 2.07. The van der Waals surface area contributed by atoms with Gasteiger partial charge in [0.15, 0.2) is 0 Å². The van der Waals surface area contributed by atoms with Crippen molar-refractivity contribution in [3.05, 3.63) is 55.7 Å². The third-order valence-electron chi connectivity index (χ3n) is 2.91. The lowest BCUT2D eigenvalue weighted by molar-refractivity contribution is 0.0931. The van der Waals surface area contributed by atoms with Crippen molar-refractivity contribution in [3.63, 3.8) is 0 Å². The third kappa shape index (κ3) is 4.11. The summed E-state index contributed by atoms with van der Waals surface area (Å²) < 4.78 is 27.7. The number of halogens is 3. The molecule has 1 amide bonds. The van der Waals surface area contributed by atoms with Gasteiger partial charge >= 0.3 is 0 Å². The summed E-state index contributed by atoms with van der Waals surface area (Å²) in [6.45, 7) is 3.81. The molecular formula is C15H14BrF2NOS. The van der Waals surface area contributed by atoms with Crippen LogP contribution in [0.25, 0.3) is 0 Å². The van der Waals surface area contributed by atoms with Crippen LogP contribution in [0.5, 0.6) is 0 Å². The van der Waals surface area contributed by atoms with Crippen molar-refractivity contribution in [2.45, 2.75) is 26.3 Å². The fourth-order valence-corrected chi connectivity index (χ4v) is 3.42. The van der Waals surface area contributed by atoms with Crippen molar-refractivity contribution in [2.24, 2.45) is 0 Å². The number of thiophene rings is 1. The molecular weight excluding hydrogens is 360 g/mol. The number of amides is 1. The van der Waals surface area contributed by atoms with Crippen molar-refractivity contribution in [3.8, 4) is 0 Å². The molecule has 1 aromatic carbocycles. The molecule has 0 bridgehead atoms. The number of carbonyl (C=O) groups excluding carboxylic acids is 1. The maximum Gasteiger partial charge on any atom is 0.257 e. The van der Waals surface area contributed by atoms with Gasteiger partial charge in [-0.3, -0.25) is 4.79 Å². The van der Waals surface area contributed by atoms with Gasteiger partial charge in [0.1, 0.15) is 17.2 Å². The summed E-state index contributed by atoms with van der Waals surface area (Å²) in [5.74, 6) is -2.49. The molecule has 1 N–H and O–H groups in total. The summed E-state index contributed by atoms with van der Waals surface area (Å²) in [5.41, 5.74) is -0.549. The first-order valence-corrected chi connectivity index (χ1v) is 7.98. The van der Waals surface area contributed by atoms with Crippen LogP contribution in [0.4, 0.5) is 8.78 Å². The van der Waals surface area contributed by atoms with E-state index in [1.165, 1.54) is 4.88 Å². The van der Waals surface area contributed by atoms with Gasteiger partial charge < -0.3 is 5.32 Å². The molecule has 1 aromatic heterocycles. The lowest BCUT2D eigenvalue weighted by Gasteiger charge is -2.14. The standard InChI is InChI=1S/C15H14BrF2NOS/c1-8(5-11-4-3-9(2)21-11)19-15(20)14-12(17)6-10(16)7-13(14)18/h3-4,6-8H,5H2,1-2H3,(H,19,20). The Morgan fingerprint density at radius 1 is 1.33 bits per heavy atom. The van der Waals surface area contributed by atoms with Gasteiger partial charge in [-0.1, -0.05) is 15.9 Å². The van der Waals surface area contributed by atoms with Gasteiger partial charge in [0.2, 0.25) is 0 Å². The third-order valence-corrected chi connectivity index (χ3v) is 4.40. The molecule has 0 aliphatic heterocycles. The summed E-state index contributed by atoms with van der Waals surface area (Å²) in [5, 5.41) is 2.63. The lowest BCUT2D eigenvalue weighted by Crippen LogP contribution is -2.35. The van der Waals surface area contributed by atoms with Gasteiger partial charge in [-0.2, -0.15) is 0 Å². The molecule has 2 aromatic rings. The highest BCUT2D eigenvalue weighted by atomic mass is 79.9. The van der Waals surface area contributed by atoms with E-state index in [1.54, 1.807) is 11.3 Å². The smallest absolute Gasteiger partial charge is 0.257 e. The monoisotopic (exact) mass is 373 g/mol. The van der Waals surface area contributed by atoms with E-state index in [0.29, 0.717) is 6.42 Å². The predicted octanol–water partition coefficient (Wildman–Crippen LogP) is 4.46. The van der Waals surface area contributed by atoms with Crippen molar-refractivity contribution >= 4 is 33.2 Å². The average Bonchev–Trinajstić information content (AvgIpc) is 2.72. The van der Waals surface area contributed by atoms with E-state index in [9.17, 15) is 13.6 Å². The second kappa shape index (κ2) is 6.66. The van der Waals surface area contributed by atoms with Crippen molar-refractivity contribution in [2.75, 3.05) is 0 Å². The van der Waals surface area contributed by atoms with Crippen molar-refractivity contribution in [1.82, 2.24) is 5.32 Å². The quantitative estimate of drug-likeness (QED) is 0.841. The molecule has 0 radical (unpaired) electrons. The molecule has 0 fully saturated rings. The van der Waals surface area contributed by atoms with Crippen LogP contribution in [0.2, 0.25) is 0 Å². The number of hydrogen-bond donors (Lipinski definition) is 1. The second-order valence-electron chi connectivity index (χ2n) is 4.84. The van der Waals surface area contributed by atoms with Crippen LogP contribution in [0, 0.1) is 18.6 Å². The largest absolute Gasteiger partial charge is 0.349 e. The SMILES string of the molecule is Cc1ccc(CC(C)NC(=O)c2c(F)cc(Br)cc2F)s1. The summed E-state index contributed by atoms with van der Waals surface area (Å²) in [7, 11) is 0. The highest BCUT2D eigenvalue weighted by molar-refractivity contribution is 9.10. The molecule has 21 heavy (non-hydrogen) atoms. The van der Waals surface area contributed by atoms with E-state index >= 15 is 0 Å². The molecule has 2 rings (SSSR count). The Kier molecular flexibility index (Phi) is 5.11. The topological polar surface area (TPSA) is 29.1 Å². The Bertz CT molecular complexity index is 648. The molecule has 1 heterocycles. The van der Waals surface area contributed by atoms with E-state index in [0.717, 1.165) is 17.0 Å². The minimum atomic E-state index is -0.876. The predicted molar refractivity (Wildman–Crippen MR) is 83.7 cm³/mol. The zero-order valence-corrected chi connectivity index (χ0v) is 13.9. The summed E-state index contributed by atoms with van der Waals surface area (Å²) >= 11 is 4.62. The average molecular weight is 374 g/mol. The number of nitrogens with one attached hydrogen (secondary N) is 1. The Morgan fingerprint density at radius 2 is 1.95 bits per heavy atom. The number of benzene rings is 1. The van der Waals surface area contributed by atoms with Gasteiger partial charge in [0.05, 0.1) is 0 Å². The van der Waals surface area contributed by atoms with Crippen LogP contribution in [-0.4, -0.2) is 11.9 Å². The first-order valence-electron chi connectivity index (χ1n) is 6.37. The van der Waals surface area contributed by atoms with Crippen LogP contribution < -0.4 is 5.32 Å². The summed E-state index contributed by atoms with van der Waals surface area (Å²) in [4.78, 5) is 14.3. The Morgan fingerprint density at radius 3 is 2.48 bits per heavy atom. The summed E-state index contributed by atoms with van der Waals surface area (Å²) in [6, 6.07) is 5.93. The maximum absolute atomic E-state index is 13.7. The summed E-state index contributed by atoms with van der Waals surface area (Å²) in [6.07, 6.45) is 0.629. The molecule has 112 valence electrons. The fraction of sp³-hybridized carbons (Fsp3) is 0.267. The van der Waals surface area contributed by atoms with Gasteiger partial charge in [0.25, 0.3) is 5.91 Å². The molecule has 2 nitrogen and oxygen atoms in total. The van der Waals surface area contributed by atoms with E-state index in [-0.39, 0.29) is 10.5 Å². The maximum atomic E-state index is 13.7. The van der Waals surface area contributed by atoms with E-state index in [1.807, 2.05) is 26.0 Å². The highest BCUT2D eigenvalue weighted by Crippen LogP contribution is 2.20. The molecule has 1 unspecified atom stereocenters. The zero-order chi connectivity index (χ0) is 15.6. The normalized spacial score (nSPS) is 12.2. The number of carbonyl (C=O) groups is 1. The molecule has 1 atom stereocenters. The Hall–Kier alpha value is -1.27. The van der Waals surface area contributed by atoms with Gasteiger partial charge in [-0.25, -0.2) is 8.78 Å².